The molecule has 0 atom stereocenters. The molecular formula is C9H10ClNO3. The van der Waals surface area contributed by atoms with Gasteiger partial charge in [0, 0.05) is 12.4 Å². The number of carbonyl (C=O) groups is 1. The molecular weight excluding hydrogens is 206 g/mol. The Morgan fingerprint density at radius 1 is 1.57 bits per heavy atom. The number of aromatic nitrogens is 1. The lowest BCUT2D eigenvalue weighted by molar-refractivity contribution is -0.280. The Balaban J connectivity index is 2.52. The van der Waals surface area contributed by atoms with Crippen LogP contribution < -0.4 is 0 Å². The summed E-state index contributed by atoms with van der Waals surface area (Å²) in [6.45, 7) is 3.12. The normalized spacial score (nSPS) is 11.1. The summed E-state index contributed by atoms with van der Waals surface area (Å²) in [7, 11) is 0. The fourth-order valence-corrected chi connectivity index (χ4v) is 0.700. The summed E-state index contributed by atoms with van der Waals surface area (Å²) in [6, 6.07) is 3.20. The van der Waals surface area contributed by atoms with E-state index in [0.29, 0.717) is 5.56 Å². The summed E-state index contributed by atoms with van der Waals surface area (Å²) >= 11 is 5.65. The van der Waals surface area contributed by atoms with Crippen LogP contribution >= 0.6 is 11.6 Å². The molecule has 1 heterocycles. The molecule has 1 aromatic rings. The highest BCUT2D eigenvalue weighted by Crippen LogP contribution is 2.15. The van der Waals surface area contributed by atoms with Gasteiger partial charge < -0.3 is 0 Å². The molecule has 4 nitrogen and oxygen atoms in total. The Morgan fingerprint density at radius 3 is 2.79 bits per heavy atom. The third-order valence-electron chi connectivity index (χ3n) is 1.21. The summed E-state index contributed by atoms with van der Waals surface area (Å²) in [4.78, 5) is 24.1. The molecule has 1 aromatic heterocycles. The van der Waals surface area contributed by atoms with Crippen LogP contribution in [0, 0.1) is 0 Å². The van der Waals surface area contributed by atoms with Gasteiger partial charge in [-0.3, -0.25) is 9.87 Å². The maximum atomic E-state index is 11.2. The molecule has 5 heteroatoms. The molecule has 0 saturated carbocycles. The molecule has 0 unspecified atom stereocenters. The predicted octanol–water partition coefficient (Wildman–Crippen LogP) is 2.14. The lowest BCUT2D eigenvalue weighted by atomic mass is 10.3. The van der Waals surface area contributed by atoms with Crippen LogP contribution in [0.5, 0.6) is 0 Å². The average Bonchev–Trinajstić information content (AvgIpc) is 2.14. The quantitative estimate of drug-likeness (QED) is 0.440. The number of nitrogens with zero attached hydrogens (tertiary/aromatic N) is 1. The van der Waals surface area contributed by atoms with Crippen LogP contribution in [0.15, 0.2) is 24.5 Å². The predicted molar refractivity (Wildman–Crippen MR) is 50.7 cm³/mol. The molecule has 0 saturated heterocycles. The third-order valence-corrected chi connectivity index (χ3v) is 1.28. The van der Waals surface area contributed by atoms with Crippen molar-refractivity contribution in [3.63, 3.8) is 0 Å². The molecule has 76 valence electrons. The van der Waals surface area contributed by atoms with Gasteiger partial charge >= 0.3 is 5.97 Å². The highest BCUT2D eigenvalue weighted by atomic mass is 35.5. The standard InChI is InChI=1S/C9H10ClNO3/c1-9(2,10)14-13-8(12)7-4-3-5-11-6-7/h3-6H,1-2H3. The second-order valence-corrected chi connectivity index (χ2v) is 3.97. The molecule has 1 rings (SSSR count). The Bertz CT molecular complexity index is 308. The van der Waals surface area contributed by atoms with E-state index in [1.165, 1.54) is 6.20 Å². The molecule has 0 N–H and O–H groups in total. The lowest BCUT2D eigenvalue weighted by Crippen LogP contribution is -2.19. The summed E-state index contributed by atoms with van der Waals surface area (Å²) < 4.78 is 0. The van der Waals surface area contributed by atoms with Crippen molar-refractivity contribution in [1.82, 2.24) is 4.98 Å². The van der Waals surface area contributed by atoms with Crippen molar-refractivity contribution in [1.29, 1.82) is 0 Å². The highest BCUT2D eigenvalue weighted by molar-refractivity contribution is 6.22. The van der Waals surface area contributed by atoms with Gasteiger partial charge in [-0.25, -0.2) is 4.79 Å². The fourth-order valence-electron chi connectivity index (χ4n) is 0.669. The minimum Gasteiger partial charge on any atom is -0.291 e. The van der Waals surface area contributed by atoms with Gasteiger partial charge in [0.1, 0.15) is 0 Å². The van der Waals surface area contributed by atoms with E-state index in [-0.39, 0.29) is 0 Å². The van der Waals surface area contributed by atoms with E-state index in [0.717, 1.165) is 0 Å². The zero-order chi connectivity index (χ0) is 10.6. The van der Waals surface area contributed by atoms with Gasteiger partial charge in [-0.15, -0.1) is 0 Å². The zero-order valence-electron chi connectivity index (χ0n) is 7.86. The molecule has 0 bridgehead atoms. The van der Waals surface area contributed by atoms with Crippen molar-refractivity contribution in [2.75, 3.05) is 0 Å². The number of halogens is 1. The van der Waals surface area contributed by atoms with Gasteiger partial charge in [-0.1, -0.05) is 11.6 Å². The van der Waals surface area contributed by atoms with Crippen LogP contribution in [0.2, 0.25) is 0 Å². The highest BCUT2D eigenvalue weighted by Gasteiger charge is 2.18. The Morgan fingerprint density at radius 2 is 2.29 bits per heavy atom. The first kappa shape index (κ1) is 10.9. The van der Waals surface area contributed by atoms with E-state index < -0.39 is 11.0 Å². The largest absolute Gasteiger partial charge is 0.374 e. The molecule has 0 aromatic carbocycles. The fraction of sp³-hybridized carbons (Fsp3) is 0.333. The Kier molecular flexibility index (Phi) is 3.43. The number of hydrogen-bond donors (Lipinski definition) is 0. The molecule has 0 fully saturated rings. The SMILES string of the molecule is CC(C)(Cl)OOC(=O)c1cccnc1. The van der Waals surface area contributed by atoms with Crippen LogP contribution in [-0.2, 0) is 9.78 Å². The molecule has 0 amide bonds. The number of rotatable bonds is 3. The maximum absolute atomic E-state index is 11.2. The van der Waals surface area contributed by atoms with E-state index in [9.17, 15) is 4.79 Å². The minimum atomic E-state index is -1.03. The molecule has 0 aliphatic heterocycles. The van der Waals surface area contributed by atoms with Crippen LogP contribution in [0.4, 0.5) is 0 Å². The summed E-state index contributed by atoms with van der Waals surface area (Å²) in [5, 5.41) is -1.03. The second kappa shape index (κ2) is 4.39. The summed E-state index contributed by atoms with van der Waals surface area (Å²) in [5.74, 6) is -0.619. The van der Waals surface area contributed by atoms with Crippen molar-refractivity contribution in [3.05, 3.63) is 30.1 Å². The summed E-state index contributed by atoms with van der Waals surface area (Å²) in [6.07, 6.45) is 2.94. The second-order valence-electron chi connectivity index (χ2n) is 3.06. The molecule has 0 aliphatic rings. The van der Waals surface area contributed by atoms with Crippen molar-refractivity contribution >= 4 is 17.6 Å². The number of hydrogen-bond acceptors (Lipinski definition) is 4. The van der Waals surface area contributed by atoms with Gasteiger partial charge in [0.15, 0.2) is 5.06 Å². The number of pyridine rings is 1. The van der Waals surface area contributed by atoms with Gasteiger partial charge in [-0.2, -0.15) is 4.89 Å². The third kappa shape index (κ3) is 3.72. The number of alkyl halides is 1. The van der Waals surface area contributed by atoms with Gasteiger partial charge in [0.25, 0.3) is 0 Å². The first-order chi connectivity index (χ1) is 6.49. The molecule has 0 aliphatic carbocycles. The summed E-state index contributed by atoms with van der Waals surface area (Å²) in [5.41, 5.74) is 0.313. The van der Waals surface area contributed by atoms with E-state index in [4.69, 9.17) is 11.6 Å². The molecule has 0 radical (unpaired) electrons. The van der Waals surface area contributed by atoms with Crippen LogP contribution in [-0.4, -0.2) is 16.0 Å². The van der Waals surface area contributed by atoms with Gasteiger partial charge in [0.05, 0.1) is 5.56 Å². The molecule has 0 spiro atoms. The van der Waals surface area contributed by atoms with Crippen LogP contribution in [0.3, 0.4) is 0 Å². The van der Waals surface area contributed by atoms with Gasteiger partial charge in [-0.05, 0) is 26.0 Å². The molecule has 14 heavy (non-hydrogen) atoms. The maximum Gasteiger partial charge on any atom is 0.374 e. The number of carbonyl (C=O) groups excluding carboxylic acids is 1. The zero-order valence-corrected chi connectivity index (χ0v) is 8.62. The van der Waals surface area contributed by atoms with E-state index in [1.807, 2.05) is 0 Å². The Labute approximate surface area is 86.7 Å². The van der Waals surface area contributed by atoms with Crippen LogP contribution in [0.1, 0.15) is 24.2 Å². The topological polar surface area (TPSA) is 48.4 Å². The van der Waals surface area contributed by atoms with Gasteiger partial charge in [0.2, 0.25) is 0 Å². The van der Waals surface area contributed by atoms with E-state index in [1.54, 1.807) is 32.2 Å². The minimum absolute atomic E-state index is 0.313. The smallest absolute Gasteiger partial charge is 0.291 e. The van der Waals surface area contributed by atoms with E-state index >= 15 is 0 Å². The Hall–Kier alpha value is -1.13. The lowest BCUT2D eigenvalue weighted by Gasteiger charge is -2.13. The van der Waals surface area contributed by atoms with Crippen molar-refractivity contribution in [3.8, 4) is 0 Å². The average molecular weight is 216 g/mol. The van der Waals surface area contributed by atoms with Crippen molar-refractivity contribution in [2.45, 2.75) is 18.9 Å². The van der Waals surface area contributed by atoms with Crippen LogP contribution in [0.25, 0.3) is 0 Å². The van der Waals surface area contributed by atoms with E-state index in [2.05, 4.69) is 14.8 Å². The van der Waals surface area contributed by atoms with Crippen molar-refractivity contribution < 1.29 is 14.6 Å². The first-order valence-electron chi connectivity index (χ1n) is 3.98. The monoisotopic (exact) mass is 215 g/mol. The first-order valence-corrected chi connectivity index (χ1v) is 4.36. The van der Waals surface area contributed by atoms with Crippen molar-refractivity contribution in [2.24, 2.45) is 0 Å².